The fourth-order valence-electron chi connectivity index (χ4n) is 1.83. The second kappa shape index (κ2) is 5.14. The van der Waals surface area contributed by atoms with Gasteiger partial charge in [0.15, 0.2) is 0 Å². The summed E-state index contributed by atoms with van der Waals surface area (Å²) >= 11 is 0. The molecule has 0 saturated heterocycles. The minimum atomic E-state index is -1.60. The Balaban J connectivity index is 2.57. The zero-order valence-corrected chi connectivity index (χ0v) is 13.2. The van der Waals surface area contributed by atoms with Crippen molar-refractivity contribution in [3.8, 4) is 11.6 Å². The lowest BCUT2D eigenvalue weighted by Gasteiger charge is -2.16. The molecule has 2 rings (SSSR count). The number of benzene rings is 1. The molecule has 1 aliphatic heterocycles. The van der Waals surface area contributed by atoms with E-state index in [1.54, 1.807) is 6.07 Å². The first-order valence-electron chi connectivity index (χ1n) is 6.52. The number of carbonyl (C=O) groups is 2. The molecule has 1 aliphatic rings. The van der Waals surface area contributed by atoms with Crippen LogP contribution in [0.4, 0.5) is 5.69 Å². The average Bonchev–Trinajstić information content (AvgIpc) is 2.45. The Kier molecular flexibility index (Phi) is 3.69. The van der Waals surface area contributed by atoms with Gasteiger partial charge in [0.05, 0.1) is 17.8 Å². The molecule has 0 unspecified atom stereocenters. The molecular weight excluding hydrogens is 268 g/mol. The minimum Gasteiger partial charge on any atom is -0.343 e. The summed E-state index contributed by atoms with van der Waals surface area (Å²) in [6, 6.07) is 8.39. The van der Waals surface area contributed by atoms with Crippen molar-refractivity contribution in [2.45, 2.75) is 26.6 Å². The molecule has 0 spiro atoms. The zero-order valence-electron chi connectivity index (χ0n) is 12.2. The highest BCUT2D eigenvalue weighted by Crippen LogP contribution is 2.24. The van der Waals surface area contributed by atoms with E-state index in [1.165, 1.54) is 4.90 Å². The Bertz CT molecular complexity index is 635. The van der Waals surface area contributed by atoms with Crippen molar-refractivity contribution in [3.63, 3.8) is 0 Å². The number of nitrogens with one attached hydrogen (secondary N) is 1. The second-order valence-electron chi connectivity index (χ2n) is 5.92. The highest BCUT2D eigenvalue weighted by Gasteiger charge is 2.25. The van der Waals surface area contributed by atoms with E-state index >= 15 is 0 Å². The number of anilines is 1. The summed E-state index contributed by atoms with van der Waals surface area (Å²) in [6.45, 7) is 8.25. The topological polar surface area (TPSA) is 49.4 Å². The summed E-state index contributed by atoms with van der Waals surface area (Å²) in [7, 11) is -1.60. The van der Waals surface area contributed by atoms with Crippen LogP contribution < -0.4 is 10.2 Å². The number of fused-ring (bicyclic) bond motifs is 1. The van der Waals surface area contributed by atoms with Crippen LogP contribution in [0.25, 0.3) is 0 Å². The van der Waals surface area contributed by atoms with Gasteiger partial charge in [0.25, 0.3) is 11.8 Å². The Morgan fingerprint density at radius 1 is 1.25 bits per heavy atom. The van der Waals surface area contributed by atoms with E-state index in [0.717, 1.165) is 5.56 Å². The number of hydrogen-bond acceptors (Lipinski definition) is 2. The number of rotatable bonds is 0. The summed E-state index contributed by atoms with van der Waals surface area (Å²) in [5, 5.41) is 2.61. The van der Waals surface area contributed by atoms with E-state index in [1.807, 2.05) is 19.1 Å². The largest absolute Gasteiger partial charge is 0.343 e. The molecule has 1 aromatic rings. The molecule has 4 nitrogen and oxygen atoms in total. The van der Waals surface area contributed by atoms with Crippen molar-refractivity contribution in [1.82, 2.24) is 5.32 Å². The lowest BCUT2D eigenvalue weighted by Crippen LogP contribution is -2.34. The maximum absolute atomic E-state index is 12.2. The first-order valence-corrected chi connectivity index (χ1v) is 10.0. The molecule has 1 N–H and O–H groups in total. The van der Waals surface area contributed by atoms with Crippen LogP contribution in [0.3, 0.4) is 0 Å². The van der Waals surface area contributed by atoms with Crippen LogP contribution in [0.1, 0.15) is 15.9 Å². The Hall–Kier alpha value is -2.06. The van der Waals surface area contributed by atoms with Crippen LogP contribution >= 0.6 is 0 Å². The molecule has 20 heavy (non-hydrogen) atoms. The molecule has 0 aliphatic carbocycles. The third kappa shape index (κ3) is 3.09. The van der Waals surface area contributed by atoms with Gasteiger partial charge in [-0.3, -0.25) is 9.59 Å². The number of carbonyl (C=O) groups excluding carboxylic acids is 2. The maximum atomic E-state index is 12.2. The van der Waals surface area contributed by atoms with Gasteiger partial charge in [-0.05, 0) is 24.6 Å². The minimum absolute atomic E-state index is 0.0209. The van der Waals surface area contributed by atoms with E-state index in [2.05, 4.69) is 36.5 Å². The number of aryl methyl sites for hydroxylation is 1. The van der Waals surface area contributed by atoms with Gasteiger partial charge in [-0.25, -0.2) is 4.90 Å². The highest BCUT2D eigenvalue weighted by atomic mass is 28.3. The van der Waals surface area contributed by atoms with Crippen LogP contribution in [0.15, 0.2) is 18.2 Å². The molecule has 2 amide bonds. The van der Waals surface area contributed by atoms with Crippen LogP contribution in [-0.2, 0) is 4.79 Å². The van der Waals surface area contributed by atoms with Gasteiger partial charge >= 0.3 is 0 Å². The molecule has 0 radical (unpaired) electrons. The second-order valence-corrected chi connectivity index (χ2v) is 10.7. The molecule has 1 aromatic carbocycles. The van der Waals surface area contributed by atoms with Gasteiger partial charge in [0.1, 0.15) is 8.07 Å². The van der Waals surface area contributed by atoms with Crippen molar-refractivity contribution in [3.05, 3.63) is 29.3 Å². The fraction of sp³-hybridized carbons (Fsp3) is 0.333. The fourth-order valence-corrected chi connectivity index (χ4v) is 2.28. The van der Waals surface area contributed by atoms with Crippen LogP contribution in [0.2, 0.25) is 19.6 Å². The third-order valence-electron chi connectivity index (χ3n) is 2.83. The summed E-state index contributed by atoms with van der Waals surface area (Å²) < 4.78 is 0. The van der Waals surface area contributed by atoms with E-state index in [0.29, 0.717) is 11.3 Å². The molecule has 0 atom stereocenters. The highest BCUT2D eigenvalue weighted by molar-refractivity contribution is 6.83. The number of hydrogen-bond donors (Lipinski definition) is 1. The zero-order chi connectivity index (χ0) is 14.9. The molecule has 0 saturated carbocycles. The molecule has 0 fully saturated rings. The van der Waals surface area contributed by atoms with Crippen molar-refractivity contribution < 1.29 is 9.59 Å². The summed E-state index contributed by atoms with van der Waals surface area (Å²) in [5.74, 6) is -0.431. The van der Waals surface area contributed by atoms with Gasteiger partial charge < -0.3 is 5.32 Å². The smallest absolute Gasteiger partial charge is 0.258 e. The quantitative estimate of drug-likeness (QED) is 0.585. The monoisotopic (exact) mass is 286 g/mol. The lowest BCUT2D eigenvalue weighted by molar-refractivity contribution is -0.116. The predicted molar refractivity (Wildman–Crippen MR) is 82.1 cm³/mol. The number of nitrogens with zero attached hydrogens (tertiary/aromatic N) is 1. The van der Waals surface area contributed by atoms with Crippen molar-refractivity contribution in [1.29, 1.82) is 0 Å². The van der Waals surface area contributed by atoms with Gasteiger partial charge in [-0.15, -0.1) is 5.54 Å². The normalized spacial score (nSPS) is 14.9. The Morgan fingerprint density at radius 2 is 1.95 bits per heavy atom. The van der Waals surface area contributed by atoms with Crippen molar-refractivity contribution in [2.24, 2.45) is 0 Å². The lowest BCUT2D eigenvalue weighted by atomic mass is 10.1. The SMILES string of the molecule is Cc1ccc2c(c1)N(C#C[Si](C)(C)C)C(=O)CNC2=O. The van der Waals surface area contributed by atoms with E-state index in [4.69, 9.17) is 0 Å². The maximum Gasteiger partial charge on any atom is 0.258 e. The molecule has 0 bridgehead atoms. The first kappa shape index (κ1) is 14.3. The van der Waals surface area contributed by atoms with E-state index in [9.17, 15) is 9.59 Å². The van der Waals surface area contributed by atoms with Crippen LogP contribution in [0.5, 0.6) is 0 Å². The van der Waals surface area contributed by atoms with Gasteiger partial charge in [-0.2, -0.15) is 0 Å². The molecule has 104 valence electrons. The van der Waals surface area contributed by atoms with Gasteiger partial charge in [-0.1, -0.05) is 25.7 Å². The summed E-state index contributed by atoms with van der Waals surface area (Å²) in [5.41, 5.74) is 5.24. The standard InChI is InChI=1S/C15H18N2O2Si/c1-11-5-6-12-13(9-11)17(7-8-20(2,3)4)14(18)10-16-15(12)19/h5-6,9H,10H2,1-4H3,(H,16,19). The van der Waals surface area contributed by atoms with Gasteiger partial charge in [0.2, 0.25) is 0 Å². The van der Waals surface area contributed by atoms with Gasteiger partial charge in [0, 0.05) is 6.04 Å². The molecule has 1 heterocycles. The van der Waals surface area contributed by atoms with Crippen LogP contribution in [-0.4, -0.2) is 26.4 Å². The molecular formula is C15H18N2O2Si. The Morgan fingerprint density at radius 3 is 2.60 bits per heavy atom. The summed E-state index contributed by atoms with van der Waals surface area (Å²) in [6.07, 6.45) is 0. The van der Waals surface area contributed by atoms with E-state index in [-0.39, 0.29) is 18.4 Å². The molecule has 5 heteroatoms. The van der Waals surface area contributed by atoms with Crippen molar-refractivity contribution in [2.75, 3.05) is 11.4 Å². The van der Waals surface area contributed by atoms with E-state index < -0.39 is 8.07 Å². The number of amides is 2. The predicted octanol–water partition coefficient (Wildman–Crippen LogP) is 1.91. The van der Waals surface area contributed by atoms with Crippen molar-refractivity contribution >= 4 is 25.6 Å². The Labute approximate surface area is 120 Å². The third-order valence-corrected chi connectivity index (χ3v) is 3.69. The van der Waals surface area contributed by atoms with Crippen LogP contribution in [0, 0.1) is 18.5 Å². The first-order chi connectivity index (χ1) is 9.28. The summed E-state index contributed by atoms with van der Waals surface area (Å²) in [4.78, 5) is 25.6. The average molecular weight is 286 g/mol. The molecule has 0 aromatic heterocycles.